The van der Waals surface area contributed by atoms with Gasteiger partial charge in [-0.25, -0.2) is 4.98 Å². The second-order valence-electron chi connectivity index (χ2n) is 2.34. The summed E-state index contributed by atoms with van der Waals surface area (Å²) in [7, 11) is 0. The Morgan fingerprint density at radius 1 is 1.67 bits per heavy atom. The topological polar surface area (TPSA) is 71.8 Å². The van der Waals surface area contributed by atoms with E-state index in [9.17, 15) is 4.79 Å². The molecule has 0 aromatic carbocycles. The molecule has 0 aliphatic heterocycles. The molecule has 5 heteroatoms. The Hall–Kier alpha value is -0.810. The van der Waals surface area contributed by atoms with E-state index in [1.807, 2.05) is 6.26 Å². The zero-order valence-electron chi connectivity index (χ0n) is 7.05. The van der Waals surface area contributed by atoms with Crippen LogP contribution in [0.1, 0.15) is 11.4 Å². The molecule has 0 atom stereocenters. The summed E-state index contributed by atoms with van der Waals surface area (Å²) in [5, 5.41) is 0.721. The highest BCUT2D eigenvalue weighted by molar-refractivity contribution is 7.98. The Kier molecular flexibility index (Phi) is 2.88. The van der Waals surface area contributed by atoms with E-state index in [4.69, 9.17) is 5.73 Å². The van der Waals surface area contributed by atoms with Gasteiger partial charge in [-0.3, -0.25) is 4.79 Å². The van der Waals surface area contributed by atoms with Crippen molar-refractivity contribution in [3.63, 3.8) is 0 Å². The van der Waals surface area contributed by atoms with Crippen LogP contribution in [0.15, 0.2) is 9.82 Å². The van der Waals surface area contributed by atoms with Crippen molar-refractivity contribution < 1.29 is 0 Å². The van der Waals surface area contributed by atoms with Crippen LogP contribution in [0.5, 0.6) is 0 Å². The fraction of sp³-hybridized carbons (Fsp3) is 0.429. The smallest absolute Gasteiger partial charge is 0.256 e. The van der Waals surface area contributed by atoms with Gasteiger partial charge in [0.2, 0.25) is 0 Å². The Morgan fingerprint density at radius 2 is 2.33 bits per heavy atom. The fourth-order valence-electron chi connectivity index (χ4n) is 0.933. The molecule has 3 N–H and O–H groups in total. The van der Waals surface area contributed by atoms with Crippen molar-refractivity contribution in [2.24, 2.45) is 5.73 Å². The molecule has 0 saturated heterocycles. The minimum absolute atomic E-state index is 0.130. The summed E-state index contributed by atoms with van der Waals surface area (Å²) in [4.78, 5) is 18.0. The summed E-state index contributed by atoms with van der Waals surface area (Å²) in [5.74, 6) is 0.626. The zero-order valence-corrected chi connectivity index (χ0v) is 7.86. The lowest BCUT2D eigenvalue weighted by atomic mass is 10.3. The molecule has 4 nitrogen and oxygen atoms in total. The van der Waals surface area contributed by atoms with E-state index >= 15 is 0 Å². The molecule has 0 saturated carbocycles. The lowest BCUT2D eigenvalue weighted by molar-refractivity contribution is 0.859. The number of nitrogens with one attached hydrogen (secondary N) is 1. The first kappa shape index (κ1) is 9.28. The van der Waals surface area contributed by atoms with Crippen LogP contribution in [-0.2, 0) is 6.54 Å². The third kappa shape index (κ3) is 1.67. The monoisotopic (exact) mass is 185 g/mol. The third-order valence-corrected chi connectivity index (χ3v) is 2.22. The van der Waals surface area contributed by atoms with Gasteiger partial charge in [0.15, 0.2) is 0 Å². The number of aromatic amines is 1. The van der Waals surface area contributed by atoms with Crippen molar-refractivity contribution in [2.45, 2.75) is 18.5 Å². The van der Waals surface area contributed by atoms with Crippen molar-refractivity contribution in [2.75, 3.05) is 6.26 Å². The number of nitrogens with two attached hydrogens (primary N) is 1. The number of nitrogens with zero attached hydrogens (tertiary/aromatic N) is 1. The predicted octanol–water partition coefficient (Wildman–Crippen LogP) is 0.259. The highest BCUT2D eigenvalue weighted by atomic mass is 32.2. The summed E-state index contributed by atoms with van der Waals surface area (Å²) in [5.41, 5.74) is 5.84. The maximum atomic E-state index is 11.3. The van der Waals surface area contributed by atoms with Gasteiger partial charge in [-0.2, -0.15) is 0 Å². The minimum Gasteiger partial charge on any atom is -0.326 e. The maximum absolute atomic E-state index is 11.3. The fourth-order valence-corrected chi connectivity index (χ4v) is 1.58. The van der Waals surface area contributed by atoms with Gasteiger partial charge in [-0.15, -0.1) is 11.8 Å². The third-order valence-electron chi connectivity index (χ3n) is 1.49. The normalized spacial score (nSPS) is 10.2. The number of hydrogen-bond acceptors (Lipinski definition) is 4. The van der Waals surface area contributed by atoms with Gasteiger partial charge in [0.1, 0.15) is 10.9 Å². The lowest BCUT2D eigenvalue weighted by Crippen LogP contribution is -2.19. The maximum Gasteiger partial charge on any atom is 0.256 e. The molecule has 0 fully saturated rings. The van der Waals surface area contributed by atoms with E-state index in [0.717, 1.165) is 5.03 Å². The Bertz CT molecular complexity index is 334. The van der Waals surface area contributed by atoms with E-state index in [-0.39, 0.29) is 12.1 Å². The van der Waals surface area contributed by atoms with E-state index < -0.39 is 0 Å². The molecule has 0 unspecified atom stereocenters. The van der Waals surface area contributed by atoms with Crippen LogP contribution < -0.4 is 11.3 Å². The van der Waals surface area contributed by atoms with Crippen molar-refractivity contribution in [1.82, 2.24) is 9.97 Å². The molecule has 0 radical (unpaired) electrons. The second kappa shape index (κ2) is 3.73. The Labute approximate surface area is 74.6 Å². The molecule has 1 heterocycles. The SMILES string of the molecule is CSc1nc(C)[nH]c(=O)c1CN. The van der Waals surface area contributed by atoms with E-state index in [1.54, 1.807) is 6.92 Å². The number of thioether (sulfide) groups is 1. The van der Waals surface area contributed by atoms with Crippen LogP contribution in [0.3, 0.4) is 0 Å². The average molecular weight is 185 g/mol. The van der Waals surface area contributed by atoms with Crippen LogP contribution in [0.25, 0.3) is 0 Å². The molecule has 0 aliphatic rings. The molecule has 0 bridgehead atoms. The predicted molar refractivity (Wildman–Crippen MR) is 49.3 cm³/mol. The van der Waals surface area contributed by atoms with Crippen molar-refractivity contribution in [3.8, 4) is 0 Å². The van der Waals surface area contributed by atoms with Gasteiger partial charge >= 0.3 is 0 Å². The standard InChI is InChI=1S/C7H11N3OS/c1-4-9-6(11)5(3-8)7(10-4)12-2/h3,8H2,1-2H3,(H,9,10,11). The molecule has 0 aliphatic carbocycles. The van der Waals surface area contributed by atoms with Crippen LogP contribution in [0, 0.1) is 6.92 Å². The summed E-state index contributed by atoms with van der Waals surface area (Å²) >= 11 is 1.44. The second-order valence-corrected chi connectivity index (χ2v) is 3.14. The number of aryl methyl sites for hydroxylation is 1. The molecule has 66 valence electrons. The van der Waals surface area contributed by atoms with Gasteiger partial charge in [0.25, 0.3) is 5.56 Å². The van der Waals surface area contributed by atoms with Crippen LogP contribution in [0.2, 0.25) is 0 Å². The largest absolute Gasteiger partial charge is 0.326 e. The van der Waals surface area contributed by atoms with Crippen molar-refractivity contribution in [3.05, 3.63) is 21.7 Å². The van der Waals surface area contributed by atoms with Crippen LogP contribution in [-0.4, -0.2) is 16.2 Å². The van der Waals surface area contributed by atoms with Crippen molar-refractivity contribution >= 4 is 11.8 Å². The molecule has 1 aromatic heterocycles. The van der Waals surface area contributed by atoms with Gasteiger partial charge in [0.05, 0.1) is 5.56 Å². The molecular formula is C7H11N3OS. The minimum atomic E-state index is -0.130. The number of hydrogen-bond donors (Lipinski definition) is 2. The number of aromatic nitrogens is 2. The number of H-pyrrole nitrogens is 1. The molecular weight excluding hydrogens is 174 g/mol. The van der Waals surface area contributed by atoms with Crippen LogP contribution >= 0.6 is 11.8 Å². The van der Waals surface area contributed by atoms with Gasteiger partial charge in [0, 0.05) is 6.54 Å². The lowest BCUT2D eigenvalue weighted by Gasteiger charge is -2.02. The Morgan fingerprint density at radius 3 is 2.83 bits per heavy atom. The highest BCUT2D eigenvalue weighted by Gasteiger charge is 2.06. The first-order valence-corrected chi connectivity index (χ1v) is 4.75. The first-order valence-electron chi connectivity index (χ1n) is 3.53. The van der Waals surface area contributed by atoms with Crippen molar-refractivity contribution in [1.29, 1.82) is 0 Å². The first-order chi connectivity index (χ1) is 5.69. The Balaban J connectivity index is 3.34. The van der Waals surface area contributed by atoms with Crippen LogP contribution in [0.4, 0.5) is 0 Å². The molecule has 0 amide bonds. The average Bonchev–Trinajstić information content (AvgIpc) is 2.03. The zero-order chi connectivity index (χ0) is 9.14. The quantitative estimate of drug-likeness (QED) is 0.512. The molecule has 12 heavy (non-hydrogen) atoms. The molecule has 1 aromatic rings. The van der Waals surface area contributed by atoms with E-state index in [2.05, 4.69) is 9.97 Å². The van der Waals surface area contributed by atoms with E-state index in [1.165, 1.54) is 11.8 Å². The summed E-state index contributed by atoms with van der Waals surface area (Å²) in [6.07, 6.45) is 1.88. The van der Waals surface area contributed by atoms with E-state index in [0.29, 0.717) is 11.4 Å². The van der Waals surface area contributed by atoms with Gasteiger partial charge < -0.3 is 10.7 Å². The number of rotatable bonds is 2. The van der Waals surface area contributed by atoms with Gasteiger partial charge in [-0.1, -0.05) is 0 Å². The highest BCUT2D eigenvalue weighted by Crippen LogP contribution is 2.12. The molecule has 1 rings (SSSR count). The van der Waals surface area contributed by atoms with Gasteiger partial charge in [-0.05, 0) is 13.2 Å². The summed E-state index contributed by atoms with van der Waals surface area (Å²) in [6.45, 7) is 1.99. The molecule has 0 spiro atoms. The summed E-state index contributed by atoms with van der Waals surface area (Å²) < 4.78 is 0. The summed E-state index contributed by atoms with van der Waals surface area (Å²) in [6, 6.07) is 0.